The van der Waals surface area contributed by atoms with Crippen molar-refractivity contribution >= 4 is 48.4 Å². The fourth-order valence-electron chi connectivity index (χ4n) is 6.76. The highest BCUT2D eigenvalue weighted by molar-refractivity contribution is 7.55. The number of aromatic nitrogens is 4. The van der Waals surface area contributed by atoms with Gasteiger partial charge in [0.05, 0.1) is 38.0 Å². The normalized spacial score (nSPS) is 25.1. The quantitative estimate of drug-likeness (QED) is 0.122. The minimum atomic E-state index is -4.05. The number of hydrogen-bond donors (Lipinski definition) is 0. The van der Waals surface area contributed by atoms with Crippen LogP contribution in [-0.4, -0.2) is 107 Å². The van der Waals surface area contributed by atoms with Crippen molar-refractivity contribution in [1.82, 2.24) is 19.7 Å². The lowest BCUT2D eigenvalue weighted by molar-refractivity contribution is -0.207. The zero-order chi connectivity index (χ0) is 36.5. The molecule has 4 heterocycles. The van der Waals surface area contributed by atoms with E-state index in [0.29, 0.717) is 17.3 Å². The van der Waals surface area contributed by atoms with Gasteiger partial charge in [0.2, 0.25) is 5.28 Å². The summed E-state index contributed by atoms with van der Waals surface area (Å²) in [7, 11) is -2.65. The van der Waals surface area contributed by atoms with E-state index in [0.717, 1.165) is 25.7 Å². The van der Waals surface area contributed by atoms with Gasteiger partial charge in [0.25, 0.3) is 0 Å². The maximum absolute atomic E-state index is 14.1. The Bertz CT molecular complexity index is 1550. The summed E-state index contributed by atoms with van der Waals surface area (Å²) in [6.45, 7) is 12.0. The van der Waals surface area contributed by atoms with Gasteiger partial charge in [-0.15, -0.1) is 0 Å². The third kappa shape index (κ3) is 7.88. The van der Waals surface area contributed by atoms with Crippen molar-refractivity contribution in [3.05, 3.63) is 11.5 Å². The van der Waals surface area contributed by atoms with E-state index >= 15 is 0 Å². The highest BCUT2D eigenvalue weighted by atomic mass is 35.5. The average molecular weight is 746 g/mol. The third-order valence-corrected chi connectivity index (χ3v) is 11.5. The molecular weight excluding hydrogens is 697 g/mol. The Labute approximate surface area is 297 Å². The number of ether oxygens (including phenoxy) is 6. The van der Waals surface area contributed by atoms with Gasteiger partial charge >= 0.3 is 13.7 Å². The molecule has 3 aliphatic rings. The summed E-state index contributed by atoms with van der Waals surface area (Å²) < 4.78 is 63.6. The zero-order valence-corrected chi connectivity index (χ0v) is 31.6. The van der Waals surface area contributed by atoms with Crippen molar-refractivity contribution in [2.24, 2.45) is 0 Å². The van der Waals surface area contributed by atoms with Crippen LogP contribution in [0.1, 0.15) is 86.8 Å². The van der Waals surface area contributed by atoms with Crippen LogP contribution < -0.4 is 4.90 Å². The summed E-state index contributed by atoms with van der Waals surface area (Å²) in [6.07, 6.45) is 1.67. The number of halogens is 1. The van der Waals surface area contributed by atoms with E-state index in [1.54, 1.807) is 38.8 Å². The Morgan fingerprint density at radius 1 is 1.14 bits per heavy atom. The smallest absolute Gasteiger partial charge is 0.416 e. The second-order valence-corrected chi connectivity index (χ2v) is 16.6. The molecule has 3 fully saturated rings. The second kappa shape index (κ2) is 15.4. The summed E-state index contributed by atoms with van der Waals surface area (Å²) in [5.41, 5.74) is -0.437. The molecule has 50 heavy (non-hydrogen) atoms. The summed E-state index contributed by atoms with van der Waals surface area (Å²) in [5, 5.41) is 3.25. The van der Waals surface area contributed by atoms with E-state index in [-0.39, 0.29) is 50.0 Å². The fraction of sp³-hybridized carbons (Fsp3) is 0.781. The number of aldehydes is 1. The molecule has 2 saturated heterocycles. The molecule has 1 saturated carbocycles. The molecule has 5 atom stereocenters. The zero-order valence-electron chi connectivity index (χ0n) is 30.0. The Morgan fingerprint density at radius 3 is 2.40 bits per heavy atom. The average Bonchev–Trinajstić information content (AvgIpc) is 3.80. The molecule has 16 nitrogen and oxygen atoms in total. The first kappa shape index (κ1) is 38.9. The molecule has 2 aliphatic heterocycles. The first-order valence-corrected chi connectivity index (χ1v) is 18.9. The molecule has 1 amide bonds. The predicted octanol–water partition coefficient (Wildman–Crippen LogP) is 5.80. The minimum absolute atomic E-state index is 0.0493. The van der Waals surface area contributed by atoms with Crippen LogP contribution in [0.25, 0.3) is 11.0 Å². The lowest BCUT2D eigenvalue weighted by Crippen LogP contribution is -2.43. The van der Waals surface area contributed by atoms with Crippen LogP contribution in [0.5, 0.6) is 0 Å². The van der Waals surface area contributed by atoms with Crippen LogP contribution in [0.15, 0.2) is 6.20 Å². The molecule has 0 N–H and O–H groups in total. The number of carbonyl (C=O) groups excluding carboxylic acids is 2. The lowest BCUT2D eigenvalue weighted by atomic mass is 10.1. The van der Waals surface area contributed by atoms with E-state index < -0.39 is 55.0 Å². The molecule has 5 rings (SSSR count). The Kier molecular flexibility index (Phi) is 12.0. The van der Waals surface area contributed by atoms with E-state index in [9.17, 15) is 14.2 Å². The van der Waals surface area contributed by atoms with Crippen molar-refractivity contribution in [3.63, 3.8) is 0 Å². The van der Waals surface area contributed by atoms with Crippen LogP contribution >= 0.6 is 19.2 Å². The van der Waals surface area contributed by atoms with Gasteiger partial charge in [-0.1, -0.05) is 12.8 Å². The predicted molar refractivity (Wildman–Crippen MR) is 181 cm³/mol. The maximum Gasteiger partial charge on any atom is 0.416 e. The van der Waals surface area contributed by atoms with Gasteiger partial charge in [-0.05, 0) is 72.9 Å². The first-order valence-electron chi connectivity index (χ1n) is 17.0. The van der Waals surface area contributed by atoms with Crippen molar-refractivity contribution in [3.8, 4) is 0 Å². The van der Waals surface area contributed by atoms with Crippen LogP contribution in [0.2, 0.25) is 5.28 Å². The van der Waals surface area contributed by atoms with Gasteiger partial charge in [-0.2, -0.15) is 15.1 Å². The number of carbonyl (C=O) groups is 2. The number of hydrogen-bond acceptors (Lipinski definition) is 14. The highest BCUT2D eigenvalue weighted by Gasteiger charge is 2.59. The van der Waals surface area contributed by atoms with Crippen molar-refractivity contribution in [2.45, 2.75) is 128 Å². The topological polar surface area (TPSA) is 172 Å². The van der Waals surface area contributed by atoms with Crippen molar-refractivity contribution in [2.75, 3.05) is 38.4 Å². The molecule has 2 aromatic rings. The maximum atomic E-state index is 14.1. The molecule has 2 unspecified atom stereocenters. The summed E-state index contributed by atoms with van der Waals surface area (Å²) in [4.78, 5) is 36.2. The van der Waals surface area contributed by atoms with Gasteiger partial charge in [0.1, 0.15) is 30.2 Å². The van der Waals surface area contributed by atoms with Crippen LogP contribution in [-0.2, 0) is 46.8 Å². The monoisotopic (exact) mass is 745 g/mol. The molecule has 0 bridgehead atoms. The fourth-order valence-corrected chi connectivity index (χ4v) is 8.96. The number of fused-ring (bicyclic) bond motifs is 2. The Balaban J connectivity index is 1.51. The molecule has 280 valence electrons. The minimum Gasteiger partial charge on any atom is -0.443 e. The molecule has 0 aromatic carbocycles. The molecule has 0 spiro atoms. The Hall–Kier alpha value is -2.27. The Morgan fingerprint density at radius 2 is 1.80 bits per heavy atom. The van der Waals surface area contributed by atoms with Gasteiger partial charge in [-0.25, -0.2) is 9.48 Å². The number of amides is 1. The molecular formula is C32H49ClN5O11P. The summed E-state index contributed by atoms with van der Waals surface area (Å²) in [6, 6.07) is -0.147. The van der Waals surface area contributed by atoms with Gasteiger partial charge in [-0.3, -0.25) is 9.46 Å². The first-order chi connectivity index (χ1) is 23.6. The van der Waals surface area contributed by atoms with Gasteiger partial charge in [0.15, 0.2) is 28.8 Å². The van der Waals surface area contributed by atoms with Crippen LogP contribution in [0.3, 0.4) is 0 Å². The van der Waals surface area contributed by atoms with Crippen molar-refractivity contribution < 1.29 is 51.6 Å². The lowest BCUT2D eigenvalue weighted by Gasteiger charge is -2.37. The largest absolute Gasteiger partial charge is 0.443 e. The van der Waals surface area contributed by atoms with Gasteiger partial charge in [0, 0.05) is 19.6 Å². The van der Waals surface area contributed by atoms with Crippen LogP contribution in [0, 0.1) is 0 Å². The molecule has 2 aromatic heterocycles. The van der Waals surface area contributed by atoms with E-state index in [1.807, 2.05) is 20.8 Å². The number of nitrogens with zero attached hydrogens (tertiary/aromatic N) is 5. The summed E-state index contributed by atoms with van der Waals surface area (Å²) >= 11 is 6.54. The molecule has 0 radical (unpaired) electrons. The van der Waals surface area contributed by atoms with Crippen LogP contribution in [0.4, 0.5) is 10.6 Å². The number of rotatable bonds is 15. The highest BCUT2D eigenvalue weighted by Crippen LogP contribution is 2.62. The standard InChI is InChI=1S/C32H49ClN5O11P/c1-9-44-50(41,45-10-2)32(15-16-39,19-42-8)43-18-22-23-24(48-31(6,7)47-23)27(46-22)38-26-21(17-34-38)25(35-28(33)36-26)37(20-13-11-12-14-20)29(40)49-30(3,4)5/h16-17,20,22-24,27H,9-15,18-19H2,1-8H3/t22?,23-,24-,27-,32?/m1/s1. The second-order valence-electron chi connectivity index (χ2n) is 14.0. The van der Waals surface area contributed by atoms with E-state index in [1.165, 1.54) is 11.8 Å². The van der Waals surface area contributed by atoms with Crippen molar-refractivity contribution in [1.29, 1.82) is 0 Å². The third-order valence-electron chi connectivity index (χ3n) is 8.67. The number of methoxy groups -OCH3 is 1. The molecule has 1 aliphatic carbocycles. The summed E-state index contributed by atoms with van der Waals surface area (Å²) in [5.74, 6) is -0.725. The molecule has 18 heteroatoms. The van der Waals surface area contributed by atoms with E-state index in [2.05, 4.69) is 15.1 Å². The number of anilines is 1. The van der Waals surface area contributed by atoms with E-state index in [4.69, 9.17) is 49.1 Å². The SMILES string of the molecule is CCOP(=O)(OCC)C(CC=O)(COC)OCC1O[C@@H](n2ncc3c(N(C(=O)OC(C)(C)C)C4CCCC4)nc(Cl)nc32)[C@@H]2OC(C)(C)O[C@H]12. The van der Waals surface area contributed by atoms with Gasteiger partial charge < -0.3 is 42.3 Å².